The molecule has 0 radical (unpaired) electrons. The molecule has 0 aliphatic heterocycles. The van der Waals surface area contributed by atoms with E-state index in [2.05, 4.69) is 15.5 Å². The van der Waals surface area contributed by atoms with Crippen LogP contribution in [0, 0.1) is 0 Å². The van der Waals surface area contributed by atoms with Crippen molar-refractivity contribution in [2.24, 2.45) is 0 Å². The molecule has 1 aromatic carbocycles. The summed E-state index contributed by atoms with van der Waals surface area (Å²) < 4.78 is 15.9. The zero-order chi connectivity index (χ0) is 21.3. The summed E-state index contributed by atoms with van der Waals surface area (Å²) in [5.41, 5.74) is 1.05. The quantitative estimate of drug-likeness (QED) is 0.489. The summed E-state index contributed by atoms with van der Waals surface area (Å²) in [5.74, 6) is 0.735. The van der Waals surface area contributed by atoms with Crippen molar-refractivity contribution in [1.82, 2.24) is 10.2 Å². The first-order valence-corrected chi connectivity index (χ1v) is 9.86. The van der Waals surface area contributed by atoms with E-state index in [1.165, 1.54) is 6.26 Å². The van der Waals surface area contributed by atoms with Crippen molar-refractivity contribution < 1.29 is 28.1 Å². The second-order valence-electron chi connectivity index (χ2n) is 6.68. The molecular formula is C21H25N4O5+. The van der Waals surface area contributed by atoms with Gasteiger partial charge in [0.15, 0.2) is 18.8 Å². The van der Waals surface area contributed by atoms with Crippen molar-refractivity contribution in [3.8, 4) is 11.7 Å². The Bertz CT molecular complexity index is 950. The van der Waals surface area contributed by atoms with Crippen molar-refractivity contribution >= 4 is 17.6 Å². The summed E-state index contributed by atoms with van der Waals surface area (Å²) in [6.07, 6.45) is 2.44. The highest BCUT2D eigenvalue weighted by atomic mass is 16.5. The van der Waals surface area contributed by atoms with E-state index in [0.717, 1.165) is 17.9 Å². The molecule has 0 fully saturated rings. The number of hydrogen-bond acceptors (Lipinski definition) is 7. The van der Waals surface area contributed by atoms with Crippen molar-refractivity contribution in [3.05, 3.63) is 54.1 Å². The summed E-state index contributed by atoms with van der Waals surface area (Å²) in [4.78, 5) is 25.2. The minimum atomic E-state index is -0.387. The van der Waals surface area contributed by atoms with Crippen molar-refractivity contribution in [1.29, 1.82) is 0 Å². The molecule has 3 rings (SSSR count). The Kier molecular flexibility index (Phi) is 7.34. The molecule has 0 saturated heterocycles. The first-order valence-electron chi connectivity index (χ1n) is 9.86. The normalized spacial score (nSPS) is 11.8. The molecule has 158 valence electrons. The van der Waals surface area contributed by atoms with Crippen molar-refractivity contribution in [2.75, 3.05) is 25.0 Å². The molecule has 0 aliphatic rings. The number of aromatic nitrogens is 2. The minimum Gasteiger partial charge on any atom is -0.462 e. The number of nitrogens with zero attached hydrogens (tertiary/aromatic N) is 2. The Morgan fingerprint density at radius 2 is 1.93 bits per heavy atom. The fraction of sp³-hybridized carbons (Fsp3) is 0.333. The van der Waals surface area contributed by atoms with E-state index in [-0.39, 0.29) is 18.4 Å². The summed E-state index contributed by atoms with van der Waals surface area (Å²) in [7, 11) is 0. The second kappa shape index (κ2) is 10.4. The standard InChI is InChI=1S/C21H24N4O5/c1-3-11-25(14-19-23-24-20(30-19)17-6-5-12-29-17)13-18(26)22-16-9-7-15(8-10-16)21(27)28-4-2/h5-10,12H,3-4,11,13-14H2,1-2H3,(H,22,26)/p+1. The predicted molar refractivity (Wildman–Crippen MR) is 108 cm³/mol. The molecule has 0 aliphatic carbocycles. The molecule has 1 unspecified atom stereocenters. The number of amides is 1. The van der Waals surface area contributed by atoms with E-state index in [0.29, 0.717) is 41.9 Å². The Morgan fingerprint density at radius 3 is 2.60 bits per heavy atom. The van der Waals surface area contributed by atoms with Crippen LogP contribution in [-0.2, 0) is 16.1 Å². The van der Waals surface area contributed by atoms with Crippen LogP contribution in [0.15, 0.2) is 51.5 Å². The van der Waals surface area contributed by atoms with Crippen LogP contribution in [0.25, 0.3) is 11.7 Å². The largest absolute Gasteiger partial charge is 0.462 e. The molecule has 1 amide bonds. The Labute approximate surface area is 174 Å². The van der Waals surface area contributed by atoms with Gasteiger partial charge in [-0.2, -0.15) is 0 Å². The van der Waals surface area contributed by atoms with Gasteiger partial charge in [0.2, 0.25) is 0 Å². The summed E-state index contributed by atoms with van der Waals surface area (Å²) in [5, 5.41) is 10.9. The van der Waals surface area contributed by atoms with Gasteiger partial charge in [0, 0.05) is 5.69 Å². The number of anilines is 1. The zero-order valence-electron chi connectivity index (χ0n) is 17.0. The number of furan rings is 1. The second-order valence-corrected chi connectivity index (χ2v) is 6.68. The number of esters is 1. The lowest BCUT2D eigenvalue weighted by atomic mass is 10.2. The average Bonchev–Trinajstić information content (AvgIpc) is 3.40. The average molecular weight is 413 g/mol. The summed E-state index contributed by atoms with van der Waals surface area (Å²) in [6, 6.07) is 10.1. The minimum absolute atomic E-state index is 0.145. The van der Waals surface area contributed by atoms with E-state index in [1.807, 2.05) is 6.92 Å². The lowest BCUT2D eigenvalue weighted by molar-refractivity contribution is -0.907. The molecule has 9 nitrogen and oxygen atoms in total. The van der Waals surface area contributed by atoms with Gasteiger partial charge < -0.3 is 23.8 Å². The number of hydrogen-bond donors (Lipinski definition) is 2. The Morgan fingerprint density at radius 1 is 1.13 bits per heavy atom. The fourth-order valence-corrected chi connectivity index (χ4v) is 2.97. The molecule has 0 saturated carbocycles. The smallest absolute Gasteiger partial charge is 0.338 e. The first-order chi connectivity index (χ1) is 14.6. The lowest BCUT2D eigenvalue weighted by Gasteiger charge is -2.16. The third kappa shape index (κ3) is 5.77. The van der Waals surface area contributed by atoms with E-state index in [4.69, 9.17) is 13.6 Å². The van der Waals surface area contributed by atoms with Gasteiger partial charge in [0.05, 0.1) is 25.0 Å². The highest BCUT2D eigenvalue weighted by molar-refractivity contribution is 5.93. The number of rotatable bonds is 10. The molecule has 3 aromatic rings. The number of nitrogens with one attached hydrogen (secondary N) is 2. The lowest BCUT2D eigenvalue weighted by Crippen LogP contribution is -3.11. The number of ether oxygens (including phenoxy) is 1. The van der Waals surface area contributed by atoms with Crippen LogP contribution in [-0.4, -0.2) is 41.8 Å². The van der Waals surface area contributed by atoms with Gasteiger partial charge in [-0.15, -0.1) is 10.2 Å². The van der Waals surface area contributed by atoms with Gasteiger partial charge in [-0.1, -0.05) is 6.92 Å². The van der Waals surface area contributed by atoms with Crippen LogP contribution in [0.4, 0.5) is 5.69 Å². The third-order valence-corrected chi connectivity index (χ3v) is 4.29. The highest BCUT2D eigenvalue weighted by Gasteiger charge is 2.19. The van der Waals surface area contributed by atoms with Crippen molar-refractivity contribution in [3.63, 3.8) is 0 Å². The van der Waals surface area contributed by atoms with Crippen LogP contribution in [0.1, 0.15) is 36.5 Å². The maximum Gasteiger partial charge on any atom is 0.338 e. The molecule has 1 atom stereocenters. The predicted octanol–water partition coefficient (Wildman–Crippen LogP) is 1.94. The van der Waals surface area contributed by atoms with E-state index in [9.17, 15) is 9.59 Å². The zero-order valence-corrected chi connectivity index (χ0v) is 17.0. The molecule has 2 heterocycles. The summed E-state index contributed by atoms with van der Waals surface area (Å²) >= 11 is 0. The van der Waals surface area contributed by atoms with Gasteiger partial charge in [-0.05, 0) is 49.7 Å². The van der Waals surface area contributed by atoms with E-state index in [1.54, 1.807) is 43.3 Å². The Balaban J connectivity index is 1.56. The van der Waals surface area contributed by atoms with E-state index < -0.39 is 0 Å². The van der Waals surface area contributed by atoms with Crippen LogP contribution in [0.5, 0.6) is 0 Å². The summed E-state index contributed by atoms with van der Waals surface area (Å²) in [6.45, 7) is 5.56. The van der Waals surface area contributed by atoms with Gasteiger partial charge in [0.1, 0.15) is 0 Å². The van der Waals surface area contributed by atoms with Crippen LogP contribution in [0.2, 0.25) is 0 Å². The van der Waals surface area contributed by atoms with Crippen LogP contribution in [0.3, 0.4) is 0 Å². The van der Waals surface area contributed by atoms with Gasteiger partial charge in [-0.25, -0.2) is 4.79 Å². The number of quaternary nitrogens is 1. The third-order valence-electron chi connectivity index (χ3n) is 4.29. The number of benzene rings is 1. The number of carbonyl (C=O) groups excluding carboxylic acids is 2. The molecular weight excluding hydrogens is 388 g/mol. The topological polar surface area (TPSA) is 112 Å². The van der Waals surface area contributed by atoms with Gasteiger partial charge >= 0.3 is 5.97 Å². The maximum absolute atomic E-state index is 12.5. The fourth-order valence-electron chi connectivity index (χ4n) is 2.97. The van der Waals surface area contributed by atoms with Crippen molar-refractivity contribution in [2.45, 2.75) is 26.8 Å². The maximum atomic E-state index is 12.5. The molecule has 0 bridgehead atoms. The van der Waals surface area contributed by atoms with Crippen LogP contribution < -0.4 is 10.2 Å². The molecule has 2 N–H and O–H groups in total. The molecule has 30 heavy (non-hydrogen) atoms. The van der Waals surface area contributed by atoms with Crippen LogP contribution >= 0.6 is 0 Å². The molecule has 0 spiro atoms. The van der Waals surface area contributed by atoms with E-state index >= 15 is 0 Å². The Hall–Kier alpha value is -3.46. The monoisotopic (exact) mass is 413 g/mol. The SMILES string of the molecule is CCC[NH+](CC(=O)Nc1ccc(C(=O)OCC)cc1)Cc1nnc(-c2ccco2)o1. The molecule has 2 aromatic heterocycles. The number of carbonyl (C=O) groups is 2. The van der Waals surface area contributed by atoms with Gasteiger partial charge in [-0.3, -0.25) is 4.79 Å². The van der Waals surface area contributed by atoms with Gasteiger partial charge in [0.25, 0.3) is 17.7 Å². The highest BCUT2D eigenvalue weighted by Crippen LogP contribution is 2.17. The molecule has 9 heteroatoms. The first kappa shape index (κ1) is 21.3.